The lowest BCUT2D eigenvalue weighted by Gasteiger charge is -2.34. The molecule has 1 atom stereocenters. The van der Waals surface area contributed by atoms with E-state index in [9.17, 15) is 4.79 Å². The van der Waals surface area contributed by atoms with Crippen molar-refractivity contribution < 1.29 is 9.53 Å². The first-order chi connectivity index (χ1) is 19.7. The highest BCUT2D eigenvalue weighted by atomic mass is 16.5. The number of likely N-dealkylation sites (tertiary alicyclic amines) is 2. The Bertz CT molecular complexity index is 1120. The number of amides is 1. The highest BCUT2D eigenvalue weighted by Crippen LogP contribution is 2.28. The molecule has 3 aromatic rings. The summed E-state index contributed by atoms with van der Waals surface area (Å²) in [6.45, 7) is 8.35. The molecule has 0 spiro atoms. The Morgan fingerprint density at radius 3 is 2.12 bits per heavy atom. The summed E-state index contributed by atoms with van der Waals surface area (Å²) >= 11 is 0. The van der Waals surface area contributed by atoms with Crippen LogP contribution in [0, 0.1) is 0 Å². The second kappa shape index (κ2) is 14.5. The van der Waals surface area contributed by atoms with E-state index >= 15 is 0 Å². The van der Waals surface area contributed by atoms with Crippen molar-refractivity contribution in [3.63, 3.8) is 0 Å². The summed E-state index contributed by atoms with van der Waals surface area (Å²) in [7, 11) is 0. The maximum Gasteiger partial charge on any atom is 0.251 e. The van der Waals surface area contributed by atoms with Crippen molar-refractivity contribution in [2.45, 2.75) is 63.5 Å². The predicted octanol–water partition coefficient (Wildman–Crippen LogP) is 6.36. The molecule has 2 fully saturated rings. The van der Waals surface area contributed by atoms with E-state index in [0.29, 0.717) is 24.1 Å². The van der Waals surface area contributed by atoms with Gasteiger partial charge in [-0.1, -0.05) is 67.1 Å². The van der Waals surface area contributed by atoms with Crippen molar-refractivity contribution in [2.24, 2.45) is 0 Å². The number of hydrogen-bond donors (Lipinski definition) is 1. The second-order valence-corrected chi connectivity index (χ2v) is 11.5. The summed E-state index contributed by atoms with van der Waals surface area (Å²) in [5.41, 5.74) is 3.43. The van der Waals surface area contributed by atoms with Crippen LogP contribution in [0.2, 0.25) is 0 Å². The van der Waals surface area contributed by atoms with Gasteiger partial charge < -0.3 is 19.9 Å². The van der Waals surface area contributed by atoms with Crippen molar-refractivity contribution in [1.29, 1.82) is 0 Å². The van der Waals surface area contributed by atoms with E-state index in [2.05, 4.69) is 82.7 Å². The van der Waals surface area contributed by atoms with Gasteiger partial charge in [0, 0.05) is 50.2 Å². The second-order valence-electron chi connectivity index (χ2n) is 11.5. The minimum absolute atomic E-state index is 0.00191. The molecule has 2 aliphatic heterocycles. The highest BCUT2D eigenvalue weighted by molar-refractivity contribution is 5.94. The molecule has 0 saturated carbocycles. The van der Waals surface area contributed by atoms with Crippen molar-refractivity contribution in [3.8, 4) is 5.75 Å². The van der Waals surface area contributed by atoms with Crippen LogP contribution >= 0.6 is 0 Å². The molecule has 0 aromatic heterocycles. The predicted molar refractivity (Wildman–Crippen MR) is 163 cm³/mol. The molecule has 2 saturated heterocycles. The molecule has 2 aliphatic rings. The monoisotopic (exact) mass is 539 g/mol. The van der Waals surface area contributed by atoms with Gasteiger partial charge >= 0.3 is 0 Å². The lowest BCUT2D eigenvalue weighted by atomic mass is 9.90. The van der Waals surface area contributed by atoms with Gasteiger partial charge in [0.1, 0.15) is 11.9 Å². The van der Waals surface area contributed by atoms with Crippen LogP contribution in [0.3, 0.4) is 0 Å². The largest absolute Gasteiger partial charge is 0.490 e. The molecule has 40 heavy (non-hydrogen) atoms. The fourth-order valence-corrected chi connectivity index (χ4v) is 6.20. The SMILES string of the molecule is CC1CCCCN1CCCNC(=O)c1ccc(OC2CCN(CC(c3ccccc3)c3ccccc3)CC2)cc1. The Morgan fingerprint density at radius 1 is 0.850 bits per heavy atom. The van der Waals surface area contributed by atoms with Crippen LogP contribution in [0.5, 0.6) is 5.75 Å². The van der Waals surface area contributed by atoms with Crippen LogP contribution in [0.25, 0.3) is 0 Å². The van der Waals surface area contributed by atoms with Crippen molar-refractivity contribution in [2.75, 3.05) is 39.3 Å². The van der Waals surface area contributed by atoms with Crippen LogP contribution in [0.1, 0.15) is 72.9 Å². The van der Waals surface area contributed by atoms with Gasteiger partial charge in [-0.2, -0.15) is 0 Å². The van der Waals surface area contributed by atoms with Crippen molar-refractivity contribution >= 4 is 5.91 Å². The van der Waals surface area contributed by atoms with Crippen LogP contribution in [0.4, 0.5) is 0 Å². The van der Waals surface area contributed by atoms with E-state index in [1.54, 1.807) is 0 Å². The fourth-order valence-electron chi connectivity index (χ4n) is 6.20. The molecular weight excluding hydrogens is 494 g/mol. The van der Waals surface area contributed by atoms with E-state index in [-0.39, 0.29) is 12.0 Å². The van der Waals surface area contributed by atoms with Gasteiger partial charge in [0.15, 0.2) is 0 Å². The molecule has 0 bridgehead atoms. The lowest BCUT2D eigenvalue weighted by molar-refractivity contribution is 0.0947. The Morgan fingerprint density at radius 2 is 1.50 bits per heavy atom. The fraction of sp³-hybridized carbons (Fsp3) is 0.457. The summed E-state index contributed by atoms with van der Waals surface area (Å²) < 4.78 is 6.32. The van der Waals surface area contributed by atoms with E-state index in [1.807, 2.05) is 24.3 Å². The number of rotatable bonds is 11. The first kappa shape index (κ1) is 28.4. The minimum atomic E-state index is -0.00191. The summed E-state index contributed by atoms with van der Waals surface area (Å²) in [6, 6.07) is 30.0. The first-order valence-electron chi connectivity index (χ1n) is 15.3. The van der Waals surface area contributed by atoms with Gasteiger partial charge in [-0.25, -0.2) is 0 Å². The third-order valence-corrected chi connectivity index (χ3v) is 8.65. The summed E-state index contributed by atoms with van der Waals surface area (Å²) in [5.74, 6) is 1.21. The molecule has 0 radical (unpaired) electrons. The van der Waals surface area contributed by atoms with Crippen LogP contribution in [-0.4, -0.2) is 67.1 Å². The Kier molecular flexibility index (Phi) is 10.3. The zero-order valence-corrected chi connectivity index (χ0v) is 24.0. The van der Waals surface area contributed by atoms with Crippen molar-refractivity contribution in [1.82, 2.24) is 15.1 Å². The maximum atomic E-state index is 12.6. The number of carbonyl (C=O) groups excluding carboxylic acids is 1. The number of hydrogen-bond acceptors (Lipinski definition) is 4. The lowest BCUT2D eigenvalue weighted by Crippen LogP contribution is -2.40. The van der Waals surface area contributed by atoms with E-state index in [0.717, 1.165) is 51.2 Å². The van der Waals surface area contributed by atoms with Crippen LogP contribution < -0.4 is 10.1 Å². The van der Waals surface area contributed by atoms with Gasteiger partial charge in [0.05, 0.1) is 0 Å². The molecule has 0 aliphatic carbocycles. The number of benzene rings is 3. The summed E-state index contributed by atoms with van der Waals surface area (Å²) in [5, 5.41) is 3.09. The normalized spacial score (nSPS) is 19.0. The van der Waals surface area contributed by atoms with E-state index in [1.165, 1.54) is 36.9 Å². The molecule has 1 N–H and O–H groups in total. The minimum Gasteiger partial charge on any atom is -0.490 e. The van der Waals surface area contributed by atoms with E-state index in [4.69, 9.17) is 4.74 Å². The zero-order chi connectivity index (χ0) is 27.6. The Balaban J connectivity index is 1.05. The molecular formula is C35H45N3O2. The molecule has 5 nitrogen and oxygen atoms in total. The quantitative estimate of drug-likeness (QED) is 0.288. The maximum absolute atomic E-state index is 12.6. The average molecular weight is 540 g/mol. The molecule has 2 heterocycles. The standard InChI is InChI=1S/C35H45N3O2/c1-28-11-8-9-23-38(28)24-10-22-36-35(39)31-16-18-32(19-17-31)40-33-20-25-37(26-21-33)27-34(29-12-4-2-5-13-29)30-14-6-3-7-15-30/h2-7,12-19,28,33-34H,8-11,20-27H2,1H3,(H,36,39). The molecule has 1 amide bonds. The molecule has 5 heteroatoms. The van der Waals surface area contributed by atoms with E-state index < -0.39 is 0 Å². The topological polar surface area (TPSA) is 44.8 Å². The first-order valence-corrected chi connectivity index (χ1v) is 15.3. The number of piperidine rings is 2. The Hall–Kier alpha value is -3.15. The average Bonchev–Trinajstić information content (AvgIpc) is 3.01. The van der Waals surface area contributed by atoms with Gasteiger partial charge in [-0.3, -0.25) is 4.79 Å². The summed E-state index contributed by atoms with van der Waals surface area (Å²) in [4.78, 5) is 17.7. The number of nitrogens with zero attached hydrogens (tertiary/aromatic N) is 2. The zero-order valence-electron chi connectivity index (χ0n) is 24.0. The summed E-state index contributed by atoms with van der Waals surface area (Å²) in [6.07, 6.45) is 7.16. The van der Waals surface area contributed by atoms with Gasteiger partial charge in [0.25, 0.3) is 5.91 Å². The third-order valence-electron chi connectivity index (χ3n) is 8.65. The number of nitrogens with one attached hydrogen (secondary N) is 1. The van der Waals surface area contributed by atoms with Gasteiger partial charge in [-0.15, -0.1) is 0 Å². The van der Waals surface area contributed by atoms with Crippen LogP contribution in [0.15, 0.2) is 84.9 Å². The number of carbonyl (C=O) groups is 1. The van der Waals surface area contributed by atoms with Crippen molar-refractivity contribution in [3.05, 3.63) is 102 Å². The molecule has 212 valence electrons. The molecule has 1 unspecified atom stereocenters. The highest BCUT2D eigenvalue weighted by Gasteiger charge is 2.24. The smallest absolute Gasteiger partial charge is 0.251 e. The number of ether oxygens (including phenoxy) is 1. The van der Waals surface area contributed by atoms with Crippen LogP contribution in [-0.2, 0) is 0 Å². The molecule has 5 rings (SSSR count). The Labute approximate surface area is 240 Å². The third kappa shape index (κ3) is 7.96. The van der Waals surface area contributed by atoms with Gasteiger partial charge in [0.2, 0.25) is 0 Å². The van der Waals surface area contributed by atoms with Gasteiger partial charge in [-0.05, 0) is 81.0 Å². The molecule has 3 aromatic carbocycles.